The summed E-state index contributed by atoms with van der Waals surface area (Å²) in [4.78, 5) is 14.2. The van der Waals surface area contributed by atoms with Crippen LogP contribution in [0.4, 0.5) is 0 Å². The highest BCUT2D eigenvalue weighted by Crippen LogP contribution is 2.33. The molecule has 3 heteroatoms. The van der Waals surface area contributed by atoms with Crippen LogP contribution < -0.4 is 0 Å². The normalized spacial score (nSPS) is 17.9. The lowest BCUT2D eigenvalue weighted by atomic mass is 9.87. The molecule has 0 aliphatic heterocycles. The Morgan fingerprint density at radius 3 is 2.95 bits per heavy atom. The van der Waals surface area contributed by atoms with Crippen LogP contribution in [0.25, 0.3) is 0 Å². The van der Waals surface area contributed by atoms with Gasteiger partial charge in [-0.3, -0.25) is 4.79 Å². The zero-order valence-electron chi connectivity index (χ0n) is 11.6. The topological polar surface area (TPSA) is 20.3 Å². The molecule has 0 heterocycles. The first-order valence-corrected chi connectivity index (χ1v) is 8.25. The number of hydrogen-bond acceptors (Lipinski definition) is 1. The number of alkyl halides is 1. The molecule has 2 nitrogen and oxygen atoms in total. The van der Waals surface area contributed by atoms with Gasteiger partial charge in [0, 0.05) is 18.8 Å². The third-order valence-electron chi connectivity index (χ3n) is 3.97. The molecule has 2 rings (SSSR count). The van der Waals surface area contributed by atoms with Crippen molar-refractivity contribution in [2.24, 2.45) is 0 Å². The molecule has 104 valence electrons. The summed E-state index contributed by atoms with van der Waals surface area (Å²) in [6.45, 7) is 0. The first-order chi connectivity index (χ1) is 9.24. The van der Waals surface area contributed by atoms with Gasteiger partial charge in [-0.2, -0.15) is 0 Å². The zero-order valence-corrected chi connectivity index (χ0v) is 13.2. The van der Waals surface area contributed by atoms with E-state index in [0.29, 0.717) is 6.42 Å². The lowest BCUT2D eigenvalue weighted by molar-refractivity contribution is -0.132. The molecule has 1 aliphatic rings. The van der Waals surface area contributed by atoms with Crippen LogP contribution in [0.2, 0.25) is 0 Å². The molecule has 1 aromatic carbocycles. The number of carbonyl (C=O) groups excluding carboxylic acids is 1. The largest absolute Gasteiger partial charge is 0.339 e. The van der Waals surface area contributed by atoms with Gasteiger partial charge < -0.3 is 4.90 Å². The Morgan fingerprint density at radius 1 is 1.37 bits per heavy atom. The molecular weight excluding hydrogens is 302 g/mol. The van der Waals surface area contributed by atoms with E-state index >= 15 is 0 Å². The molecule has 0 spiro atoms. The first kappa shape index (κ1) is 14.6. The van der Waals surface area contributed by atoms with Gasteiger partial charge in [0.2, 0.25) is 5.91 Å². The predicted octanol–water partition coefficient (Wildman–Crippen LogP) is 4.09. The number of rotatable bonds is 5. The van der Waals surface area contributed by atoms with E-state index in [9.17, 15) is 4.79 Å². The van der Waals surface area contributed by atoms with Crippen LogP contribution in [0.1, 0.15) is 49.3 Å². The maximum atomic E-state index is 12.2. The van der Waals surface area contributed by atoms with Gasteiger partial charge in [-0.25, -0.2) is 0 Å². The number of unbranched alkanes of at least 4 members (excludes halogenated alkanes) is 1. The number of aryl methyl sites for hydroxylation is 1. The van der Waals surface area contributed by atoms with E-state index in [1.807, 2.05) is 11.9 Å². The van der Waals surface area contributed by atoms with E-state index in [0.717, 1.165) is 31.0 Å². The molecule has 19 heavy (non-hydrogen) atoms. The minimum Gasteiger partial charge on any atom is -0.339 e. The molecular formula is C16H22BrNO. The Hall–Kier alpha value is -0.830. The number of hydrogen-bond donors (Lipinski definition) is 0. The number of fused-ring (bicyclic) bond motifs is 1. The summed E-state index contributed by atoms with van der Waals surface area (Å²) in [6.07, 6.45) is 6.14. The zero-order chi connectivity index (χ0) is 13.7. The SMILES string of the molecule is CN(C(=O)CCCCBr)C1CCCc2ccccc21. The summed E-state index contributed by atoms with van der Waals surface area (Å²) >= 11 is 3.41. The minimum absolute atomic E-state index is 0.279. The summed E-state index contributed by atoms with van der Waals surface area (Å²) in [5.74, 6) is 0.280. The van der Waals surface area contributed by atoms with Crippen LogP contribution >= 0.6 is 15.9 Å². The van der Waals surface area contributed by atoms with Crippen molar-refractivity contribution in [1.82, 2.24) is 4.90 Å². The fourth-order valence-corrected chi connectivity index (χ4v) is 3.25. The lowest BCUT2D eigenvalue weighted by Crippen LogP contribution is -2.33. The fraction of sp³-hybridized carbons (Fsp3) is 0.562. The fourth-order valence-electron chi connectivity index (χ4n) is 2.85. The first-order valence-electron chi connectivity index (χ1n) is 7.13. The van der Waals surface area contributed by atoms with E-state index in [-0.39, 0.29) is 11.9 Å². The van der Waals surface area contributed by atoms with Gasteiger partial charge >= 0.3 is 0 Å². The average molecular weight is 324 g/mol. The molecule has 0 bridgehead atoms. The second kappa shape index (κ2) is 7.09. The number of carbonyl (C=O) groups is 1. The average Bonchev–Trinajstić information content (AvgIpc) is 2.46. The van der Waals surface area contributed by atoms with Crippen LogP contribution in [0.5, 0.6) is 0 Å². The quantitative estimate of drug-likeness (QED) is 0.590. The van der Waals surface area contributed by atoms with Gasteiger partial charge in [-0.1, -0.05) is 40.2 Å². The van der Waals surface area contributed by atoms with Crippen molar-refractivity contribution in [3.8, 4) is 0 Å². The van der Waals surface area contributed by atoms with Crippen molar-refractivity contribution in [3.63, 3.8) is 0 Å². The molecule has 1 amide bonds. The summed E-state index contributed by atoms with van der Waals surface area (Å²) in [5.41, 5.74) is 2.77. The second-order valence-electron chi connectivity index (χ2n) is 5.26. The van der Waals surface area contributed by atoms with E-state index in [1.54, 1.807) is 0 Å². The summed E-state index contributed by atoms with van der Waals surface area (Å²) in [7, 11) is 1.96. The van der Waals surface area contributed by atoms with Gasteiger partial charge in [-0.05, 0) is 43.2 Å². The number of benzene rings is 1. The van der Waals surface area contributed by atoms with Crippen molar-refractivity contribution in [2.45, 2.75) is 44.6 Å². The van der Waals surface area contributed by atoms with Gasteiger partial charge in [0.1, 0.15) is 0 Å². The monoisotopic (exact) mass is 323 g/mol. The predicted molar refractivity (Wildman–Crippen MR) is 82.5 cm³/mol. The van der Waals surface area contributed by atoms with E-state index < -0.39 is 0 Å². The van der Waals surface area contributed by atoms with E-state index in [2.05, 4.69) is 40.2 Å². The van der Waals surface area contributed by atoms with Crippen molar-refractivity contribution in [3.05, 3.63) is 35.4 Å². The number of amides is 1. The van der Waals surface area contributed by atoms with E-state index in [4.69, 9.17) is 0 Å². The Morgan fingerprint density at radius 2 is 2.16 bits per heavy atom. The minimum atomic E-state index is 0.279. The number of nitrogens with zero attached hydrogens (tertiary/aromatic N) is 1. The highest BCUT2D eigenvalue weighted by molar-refractivity contribution is 9.09. The molecule has 0 aromatic heterocycles. The lowest BCUT2D eigenvalue weighted by Gasteiger charge is -2.33. The summed E-state index contributed by atoms with van der Waals surface area (Å²) in [5, 5.41) is 0.982. The molecule has 0 N–H and O–H groups in total. The Kier molecular flexibility index (Phi) is 5.44. The van der Waals surface area contributed by atoms with Crippen LogP contribution in [0, 0.1) is 0 Å². The van der Waals surface area contributed by atoms with Crippen molar-refractivity contribution in [2.75, 3.05) is 12.4 Å². The van der Waals surface area contributed by atoms with Crippen LogP contribution in [-0.4, -0.2) is 23.2 Å². The maximum Gasteiger partial charge on any atom is 0.222 e. The van der Waals surface area contributed by atoms with Crippen LogP contribution in [0.15, 0.2) is 24.3 Å². The maximum absolute atomic E-state index is 12.2. The molecule has 1 atom stereocenters. The highest BCUT2D eigenvalue weighted by atomic mass is 79.9. The molecule has 1 aromatic rings. The summed E-state index contributed by atoms with van der Waals surface area (Å²) < 4.78 is 0. The molecule has 1 aliphatic carbocycles. The van der Waals surface area contributed by atoms with Crippen molar-refractivity contribution >= 4 is 21.8 Å². The van der Waals surface area contributed by atoms with Crippen LogP contribution in [0.3, 0.4) is 0 Å². The van der Waals surface area contributed by atoms with Gasteiger partial charge in [0.15, 0.2) is 0 Å². The standard InChI is InChI=1S/C16H22BrNO/c1-18(16(19)11-4-5-12-17)15-10-6-8-13-7-2-3-9-14(13)15/h2-3,7,9,15H,4-6,8,10-12H2,1H3. The van der Waals surface area contributed by atoms with Crippen molar-refractivity contribution in [1.29, 1.82) is 0 Å². The molecule has 0 radical (unpaired) electrons. The molecule has 1 unspecified atom stereocenters. The molecule has 0 fully saturated rings. The molecule has 0 saturated carbocycles. The Balaban J connectivity index is 2.04. The van der Waals surface area contributed by atoms with Gasteiger partial charge in [0.05, 0.1) is 6.04 Å². The van der Waals surface area contributed by atoms with Crippen LogP contribution in [-0.2, 0) is 11.2 Å². The number of halogens is 1. The third-order valence-corrected chi connectivity index (χ3v) is 4.53. The smallest absolute Gasteiger partial charge is 0.222 e. The van der Waals surface area contributed by atoms with Gasteiger partial charge in [0.25, 0.3) is 0 Å². The molecule has 0 saturated heterocycles. The van der Waals surface area contributed by atoms with E-state index in [1.165, 1.54) is 17.5 Å². The Labute approximate surface area is 124 Å². The van der Waals surface area contributed by atoms with Crippen molar-refractivity contribution < 1.29 is 4.79 Å². The highest BCUT2D eigenvalue weighted by Gasteiger charge is 2.25. The van der Waals surface area contributed by atoms with Gasteiger partial charge in [-0.15, -0.1) is 0 Å². The Bertz CT molecular complexity index is 433. The third kappa shape index (κ3) is 3.59. The summed E-state index contributed by atoms with van der Waals surface area (Å²) in [6, 6.07) is 8.84. The second-order valence-corrected chi connectivity index (χ2v) is 6.05.